The zero-order valence-corrected chi connectivity index (χ0v) is 18.3. The number of anilines is 1. The number of hydrogen-bond acceptors (Lipinski definition) is 4. The summed E-state index contributed by atoms with van der Waals surface area (Å²) < 4.78 is 5.34. The van der Waals surface area contributed by atoms with Crippen molar-refractivity contribution in [3.05, 3.63) is 65.7 Å². The molecule has 1 aliphatic heterocycles. The van der Waals surface area contributed by atoms with Gasteiger partial charge in [-0.15, -0.1) is 0 Å². The molecule has 0 unspecified atom stereocenters. The Bertz CT molecular complexity index is 835. The molecule has 3 rings (SSSR count). The van der Waals surface area contributed by atoms with Gasteiger partial charge in [-0.25, -0.2) is 0 Å². The Morgan fingerprint density at radius 1 is 1.03 bits per heavy atom. The van der Waals surface area contributed by atoms with Crippen LogP contribution in [0.3, 0.4) is 0 Å². The van der Waals surface area contributed by atoms with Crippen LogP contribution in [0.5, 0.6) is 0 Å². The Hall–Kier alpha value is -2.90. The van der Waals surface area contributed by atoms with Crippen molar-refractivity contribution in [1.82, 2.24) is 15.5 Å². The summed E-state index contributed by atoms with van der Waals surface area (Å²) in [6.07, 6.45) is 1.42. The highest BCUT2D eigenvalue weighted by Gasteiger charge is 2.12. The lowest BCUT2D eigenvalue weighted by Crippen LogP contribution is -2.38. The van der Waals surface area contributed by atoms with Crippen LogP contribution in [0.15, 0.2) is 59.6 Å². The van der Waals surface area contributed by atoms with E-state index in [2.05, 4.69) is 50.1 Å². The smallest absolute Gasteiger partial charge is 0.225 e. The average molecular weight is 424 g/mol. The molecule has 0 aliphatic carbocycles. The summed E-state index contributed by atoms with van der Waals surface area (Å²) in [5, 5.41) is 9.67. The summed E-state index contributed by atoms with van der Waals surface area (Å²) in [6, 6.07) is 18.3. The van der Waals surface area contributed by atoms with E-state index < -0.39 is 0 Å². The van der Waals surface area contributed by atoms with E-state index in [9.17, 15) is 4.79 Å². The van der Waals surface area contributed by atoms with E-state index in [1.165, 1.54) is 5.56 Å². The van der Waals surface area contributed by atoms with Crippen LogP contribution in [-0.4, -0.2) is 63.2 Å². The van der Waals surface area contributed by atoms with Crippen molar-refractivity contribution in [3.63, 3.8) is 0 Å². The van der Waals surface area contributed by atoms with Gasteiger partial charge in [-0.05, 0) is 29.7 Å². The highest BCUT2D eigenvalue weighted by Crippen LogP contribution is 2.11. The Labute approximate surface area is 184 Å². The van der Waals surface area contributed by atoms with Gasteiger partial charge in [-0.3, -0.25) is 14.7 Å². The lowest BCUT2D eigenvalue weighted by atomic mass is 10.1. The molecule has 1 aliphatic rings. The molecule has 0 bridgehead atoms. The summed E-state index contributed by atoms with van der Waals surface area (Å²) in [7, 11) is 1.77. The van der Waals surface area contributed by atoms with E-state index in [1.54, 1.807) is 7.05 Å². The second-order valence-corrected chi connectivity index (χ2v) is 7.54. The van der Waals surface area contributed by atoms with Gasteiger partial charge >= 0.3 is 0 Å². The van der Waals surface area contributed by atoms with Gasteiger partial charge in [-0.2, -0.15) is 0 Å². The van der Waals surface area contributed by atoms with Crippen LogP contribution in [0.4, 0.5) is 5.69 Å². The van der Waals surface area contributed by atoms with Crippen LogP contribution in [0.1, 0.15) is 17.5 Å². The fraction of sp³-hybridized carbons (Fsp3) is 0.417. The van der Waals surface area contributed by atoms with Gasteiger partial charge in [0, 0.05) is 51.9 Å². The van der Waals surface area contributed by atoms with E-state index in [1.807, 2.05) is 30.3 Å². The number of carbonyl (C=O) groups is 1. The Balaban J connectivity index is 1.39. The lowest BCUT2D eigenvalue weighted by molar-refractivity contribution is -0.116. The molecular weight excluding hydrogens is 390 g/mol. The first-order chi connectivity index (χ1) is 15.2. The van der Waals surface area contributed by atoms with Gasteiger partial charge in [0.05, 0.1) is 13.2 Å². The minimum atomic E-state index is 0.0370. The van der Waals surface area contributed by atoms with Crippen molar-refractivity contribution in [2.45, 2.75) is 19.4 Å². The first-order valence-corrected chi connectivity index (χ1v) is 10.9. The number of nitrogens with zero attached hydrogens (tertiary/aromatic N) is 2. The first kappa shape index (κ1) is 22.8. The molecule has 0 aromatic heterocycles. The predicted octanol–water partition coefficient (Wildman–Crippen LogP) is 2.26. The van der Waals surface area contributed by atoms with Crippen LogP contribution in [0, 0.1) is 0 Å². The van der Waals surface area contributed by atoms with Gasteiger partial charge in [0.15, 0.2) is 5.96 Å². The Morgan fingerprint density at radius 3 is 2.58 bits per heavy atom. The van der Waals surface area contributed by atoms with Crippen LogP contribution in [0.25, 0.3) is 0 Å². The van der Waals surface area contributed by atoms with Gasteiger partial charge in [-0.1, -0.05) is 42.5 Å². The summed E-state index contributed by atoms with van der Waals surface area (Å²) >= 11 is 0. The number of morpholine rings is 1. The Morgan fingerprint density at radius 2 is 1.81 bits per heavy atom. The number of amides is 1. The van der Waals surface area contributed by atoms with Crippen LogP contribution in [0.2, 0.25) is 0 Å². The Kier molecular flexibility index (Phi) is 9.34. The second kappa shape index (κ2) is 12.7. The average Bonchev–Trinajstić information content (AvgIpc) is 2.81. The number of benzene rings is 2. The molecule has 0 atom stereocenters. The van der Waals surface area contributed by atoms with Gasteiger partial charge < -0.3 is 20.7 Å². The standard InChI is InChI=1S/C24H33N5O2/c1-25-24(26-12-10-20-6-3-2-4-7-20)27-19-21-8-5-9-22(18-21)28-23(30)11-13-29-14-16-31-17-15-29/h2-9,18H,10-17,19H2,1H3,(H,28,30)(H2,25,26,27). The maximum absolute atomic E-state index is 12.3. The number of aliphatic imine (C=N–C) groups is 1. The molecule has 0 saturated carbocycles. The number of nitrogens with one attached hydrogen (secondary N) is 3. The molecular formula is C24H33N5O2. The maximum Gasteiger partial charge on any atom is 0.225 e. The summed E-state index contributed by atoms with van der Waals surface area (Å²) in [5.74, 6) is 0.797. The van der Waals surface area contributed by atoms with Crippen molar-refractivity contribution in [1.29, 1.82) is 0 Å². The maximum atomic E-state index is 12.3. The number of hydrogen-bond donors (Lipinski definition) is 3. The van der Waals surface area contributed by atoms with Crippen molar-refractivity contribution in [2.75, 3.05) is 51.8 Å². The molecule has 1 amide bonds. The fourth-order valence-corrected chi connectivity index (χ4v) is 3.44. The molecule has 166 valence electrons. The molecule has 0 spiro atoms. The topological polar surface area (TPSA) is 78.0 Å². The molecule has 2 aromatic carbocycles. The molecule has 1 heterocycles. The highest BCUT2D eigenvalue weighted by atomic mass is 16.5. The molecule has 0 radical (unpaired) electrons. The van der Waals surface area contributed by atoms with Gasteiger partial charge in [0.1, 0.15) is 0 Å². The summed E-state index contributed by atoms with van der Waals surface area (Å²) in [4.78, 5) is 18.8. The van der Waals surface area contributed by atoms with Crippen molar-refractivity contribution < 1.29 is 9.53 Å². The monoisotopic (exact) mass is 423 g/mol. The van der Waals surface area contributed by atoms with E-state index in [4.69, 9.17) is 4.74 Å². The zero-order chi connectivity index (χ0) is 21.7. The molecule has 3 N–H and O–H groups in total. The van der Waals surface area contributed by atoms with Gasteiger partial charge in [0.2, 0.25) is 5.91 Å². The van der Waals surface area contributed by atoms with E-state index in [0.717, 1.165) is 63.0 Å². The van der Waals surface area contributed by atoms with Crippen molar-refractivity contribution >= 4 is 17.6 Å². The zero-order valence-electron chi connectivity index (χ0n) is 18.3. The lowest BCUT2D eigenvalue weighted by Gasteiger charge is -2.26. The predicted molar refractivity (Wildman–Crippen MR) is 125 cm³/mol. The van der Waals surface area contributed by atoms with Crippen molar-refractivity contribution in [3.8, 4) is 0 Å². The molecule has 1 saturated heterocycles. The molecule has 2 aromatic rings. The molecule has 7 nitrogen and oxygen atoms in total. The first-order valence-electron chi connectivity index (χ1n) is 10.9. The molecule has 7 heteroatoms. The molecule has 1 fully saturated rings. The minimum Gasteiger partial charge on any atom is -0.379 e. The number of carbonyl (C=O) groups excluding carboxylic acids is 1. The second-order valence-electron chi connectivity index (χ2n) is 7.54. The number of ether oxygens (including phenoxy) is 1. The fourth-order valence-electron chi connectivity index (χ4n) is 3.44. The highest BCUT2D eigenvalue weighted by molar-refractivity contribution is 5.90. The third-order valence-electron chi connectivity index (χ3n) is 5.20. The van der Waals surface area contributed by atoms with Gasteiger partial charge in [0.25, 0.3) is 0 Å². The summed E-state index contributed by atoms with van der Waals surface area (Å²) in [6.45, 7) is 5.50. The molecule has 31 heavy (non-hydrogen) atoms. The third kappa shape index (κ3) is 8.39. The third-order valence-corrected chi connectivity index (χ3v) is 5.20. The number of rotatable bonds is 9. The van der Waals surface area contributed by atoms with Crippen molar-refractivity contribution in [2.24, 2.45) is 4.99 Å². The van der Waals surface area contributed by atoms with E-state index in [0.29, 0.717) is 13.0 Å². The van der Waals surface area contributed by atoms with Crippen LogP contribution >= 0.6 is 0 Å². The van der Waals surface area contributed by atoms with E-state index in [-0.39, 0.29) is 5.91 Å². The summed E-state index contributed by atoms with van der Waals surface area (Å²) in [5.41, 5.74) is 3.19. The van der Waals surface area contributed by atoms with Crippen LogP contribution in [-0.2, 0) is 22.5 Å². The largest absolute Gasteiger partial charge is 0.379 e. The number of guanidine groups is 1. The van der Waals surface area contributed by atoms with E-state index >= 15 is 0 Å². The normalized spacial score (nSPS) is 14.8. The SMILES string of the molecule is CN=C(NCCc1ccccc1)NCc1cccc(NC(=O)CCN2CCOCC2)c1. The quantitative estimate of drug-likeness (QED) is 0.426. The van der Waals surface area contributed by atoms with Crippen LogP contribution < -0.4 is 16.0 Å². The minimum absolute atomic E-state index is 0.0370.